The lowest BCUT2D eigenvalue weighted by atomic mass is 10.2. The molecule has 32 heavy (non-hydrogen) atoms. The second kappa shape index (κ2) is 10.9. The molecule has 0 bridgehead atoms. The number of carbonyl (C=O) groups excluding carboxylic acids is 1. The number of ether oxygens (including phenoxy) is 1. The molecule has 0 heterocycles. The first kappa shape index (κ1) is 24.3. The number of nitro groups is 2. The van der Waals surface area contributed by atoms with E-state index in [1.807, 2.05) is 6.07 Å². The summed E-state index contributed by atoms with van der Waals surface area (Å²) in [5.41, 5.74) is 1.79. The summed E-state index contributed by atoms with van der Waals surface area (Å²) in [5.74, 6) is -0.0347. The number of rotatable bonds is 9. The van der Waals surface area contributed by atoms with Crippen LogP contribution in [0.1, 0.15) is 13.3 Å². The fourth-order valence-corrected chi connectivity index (χ4v) is 3.02. The molecule has 0 aliphatic carbocycles. The molecule has 0 unspecified atom stereocenters. The maximum absolute atomic E-state index is 12.1. The first-order valence-corrected chi connectivity index (χ1v) is 9.62. The van der Waals surface area contributed by atoms with Crippen LogP contribution in [-0.2, 0) is 4.79 Å². The Morgan fingerprint density at radius 2 is 1.97 bits per heavy atom. The quantitative estimate of drug-likeness (QED) is 0.224. The molecule has 0 fully saturated rings. The summed E-state index contributed by atoms with van der Waals surface area (Å²) in [7, 11) is 1.42. The van der Waals surface area contributed by atoms with E-state index in [1.165, 1.54) is 26.2 Å². The molecule has 0 spiro atoms. The van der Waals surface area contributed by atoms with Crippen LogP contribution in [0.2, 0.25) is 0 Å². The van der Waals surface area contributed by atoms with E-state index in [-0.39, 0.29) is 34.5 Å². The third-order valence-corrected chi connectivity index (χ3v) is 4.54. The van der Waals surface area contributed by atoms with Crippen LogP contribution < -0.4 is 15.2 Å². The number of anilines is 1. The fraction of sp³-hybridized carbons (Fsp3) is 0.222. The Labute approximate surface area is 189 Å². The molecule has 1 amide bonds. The zero-order valence-electron chi connectivity index (χ0n) is 16.8. The minimum absolute atomic E-state index is 0.0119. The first-order valence-electron chi connectivity index (χ1n) is 8.82. The zero-order valence-corrected chi connectivity index (χ0v) is 18.4. The second-order valence-corrected chi connectivity index (χ2v) is 6.89. The van der Waals surface area contributed by atoms with Crippen molar-refractivity contribution in [3.63, 3.8) is 0 Å². The summed E-state index contributed by atoms with van der Waals surface area (Å²) in [5, 5.41) is 40.3. The minimum atomic E-state index is -0.816. The second-order valence-electron chi connectivity index (χ2n) is 6.03. The number of nitriles is 1. The summed E-state index contributed by atoms with van der Waals surface area (Å²) in [6, 6.07) is 8.33. The maximum Gasteiger partial charge on any atom is 0.304 e. The summed E-state index contributed by atoms with van der Waals surface area (Å²) in [4.78, 5) is 33.0. The Morgan fingerprint density at radius 1 is 1.25 bits per heavy atom. The normalized spacial score (nSPS) is 10.6. The monoisotopic (exact) mass is 505 g/mol. The number of nitrogens with one attached hydrogen (secondary N) is 1. The summed E-state index contributed by atoms with van der Waals surface area (Å²) in [6.45, 7) is 1.47. The van der Waals surface area contributed by atoms with Gasteiger partial charge in [0.05, 0.1) is 39.3 Å². The third kappa shape index (κ3) is 5.80. The largest absolute Gasteiger partial charge is 0.497 e. The molecule has 0 radical (unpaired) electrons. The molecule has 14 heteroatoms. The Balaban J connectivity index is 2.59. The van der Waals surface area contributed by atoms with Crippen LogP contribution >= 0.6 is 15.9 Å². The van der Waals surface area contributed by atoms with Gasteiger partial charge in [-0.25, -0.2) is 10.4 Å². The number of amides is 1. The van der Waals surface area contributed by atoms with Crippen molar-refractivity contribution in [2.75, 3.05) is 18.7 Å². The van der Waals surface area contributed by atoms with Gasteiger partial charge >= 0.3 is 5.69 Å². The van der Waals surface area contributed by atoms with E-state index in [9.17, 15) is 25.0 Å². The van der Waals surface area contributed by atoms with Crippen molar-refractivity contribution in [2.45, 2.75) is 13.3 Å². The summed E-state index contributed by atoms with van der Waals surface area (Å²) >= 11 is 3.05. The van der Waals surface area contributed by atoms with Crippen molar-refractivity contribution < 1.29 is 19.4 Å². The molecule has 13 nitrogen and oxygen atoms in total. The number of azo groups is 1. The van der Waals surface area contributed by atoms with Crippen molar-refractivity contribution >= 4 is 50.3 Å². The third-order valence-electron chi connectivity index (χ3n) is 3.94. The van der Waals surface area contributed by atoms with Gasteiger partial charge in [0.1, 0.15) is 11.4 Å². The number of nitrogens with zero attached hydrogens (tertiary/aromatic N) is 6. The highest BCUT2D eigenvalue weighted by atomic mass is 79.9. The number of halogens is 1. The average Bonchev–Trinajstić information content (AvgIpc) is 2.75. The molecule has 166 valence electrons. The van der Waals surface area contributed by atoms with E-state index in [0.717, 1.165) is 17.1 Å². The average molecular weight is 506 g/mol. The number of methoxy groups -OCH3 is 1. The van der Waals surface area contributed by atoms with Crippen molar-refractivity contribution in [1.82, 2.24) is 5.43 Å². The van der Waals surface area contributed by atoms with Crippen molar-refractivity contribution in [2.24, 2.45) is 10.2 Å². The van der Waals surface area contributed by atoms with Gasteiger partial charge in [-0.3, -0.25) is 25.0 Å². The Kier molecular flexibility index (Phi) is 8.27. The molecule has 0 atom stereocenters. The molecule has 2 aromatic carbocycles. The van der Waals surface area contributed by atoms with Gasteiger partial charge in [0, 0.05) is 32.0 Å². The number of benzene rings is 2. The molecule has 1 N–H and O–H groups in total. The van der Waals surface area contributed by atoms with E-state index in [2.05, 4.69) is 31.6 Å². The Morgan fingerprint density at radius 3 is 2.53 bits per heavy atom. The van der Waals surface area contributed by atoms with Crippen LogP contribution in [0.3, 0.4) is 0 Å². The van der Waals surface area contributed by atoms with Gasteiger partial charge in [-0.05, 0) is 28.1 Å². The van der Waals surface area contributed by atoms with Gasteiger partial charge in [0.15, 0.2) is 5.69 Å². The van der Waals surface area contributed by atoms with Gasteiger partial charge in [-0.15, -0.1) is 10.2 Å². The molecule has 0 aromatic heterocycles. The van der Waals surface area contributed by atoms with Crippen LogP contribution in [0.4, 0.5) is 28.4 Å². The van der Waals surface area contributed by atoms with E-state index in [1.54, 1.807) is 6.07 Å². The fourth-order valence-electron chi connectivity index (χ4n) is 2.51. The van der Waals surface area contributed by atoms with Crippen molar-refractivity contribution in [3.8, 4) is 11.8 Å². The van der Waals surface area contributed by atoms with Gasteiger partial charge in [-0.2, -0.15) is 5.26 Å². The highest BCUT2D eigenvalue weighted by Crippen LogP contribution is 2.41. The predicted molar refractivity (Wildman–Crippen MR) is 116 cm³/mol. The van der Waals surface area contributed by atoms with Gasteiger partial charge in [-0.1, -0.05) is 0 Å². The molecule has 0 aliphatic heterocycles. The van der Waals surface area contributed by atoms with Crippen LogP contribution in [0, 0.1) is 31.6 Å². The van der Waals surface area contributed by atoms with Crippen LogP contribution in [0.15, 0.2) is 45.0 Å². The summed E-state index contributed by atoms with van der Waals surface area (Å²) in [6.07, 6.45) is 0.138. The summed E-state index contributed by atoms with van der Waals surface area (Å²) < 4.78 is 5.16. The van der Waals surface area contributed by atoms with E-state index in [0.29, 0.717) is 5.75 Å². The smallest absolute Gasteiger partial charge is 0.304 e. The molecule has 2 rings (SSSR count). The van der Waals surface area contributed by atoms with E-state index < -0.39 is 27.1 Å². The van der Waals surface area contributed by atoms with Gasteiger partial charge in [0.2, 0.25) is 5.91 Å². The molecule has 0 saturated heterocycles. The Bertz CT molecular complexity index is 1130. The highest BCUT2D eigenvalue weighted by molar-refractivity contribution is 9.10. The lowest BCUT2D eigenvalue weighted by molar-refractivity contribution is -0.393. The lowest BCUT2D eigenvalue weighted by Crippen LogP contribution is -2.42. The standard InChI is InChI=1S/C18H16BrN7O6/c1-11(27)24(21-7-3-6-20)16-5-4-13(32-2)10-15(16)22-23-18-14(19)8-12(25(28)29)9-17(18)26(30)31/h4-5,8-10,21H,3,7H2,1-2H3. The number of nitro benzene ring substituents is 2. The first-order chi connectivity index (χ1) is 15.2. The van der Waals surface area contributed by atoms with Crippen LogP contribution in [0.25, 0.3) is 0 Å². The Hall–Kier alpha value is -3.96. The SMILES string of the molecule is COc1ccc(N(NCCC#N)C(C)=O)c(N=Nc2c(Br)cc([N+](=O)[O-])cc2[N+](=O)[O-])c1. The van der Waals surface area contributed by atoms with Crippen LogP contribution in [-0.4, -0.2) is 29.4 Å². The number of hydrazine groups is 1. The van der Waals surface area contributed by atoms with Crippen molar-refractivity contribution in [1.29, 1.82) is 5.26 Å². The number of non-ortho nitro benzene ring substituents is 1. The zero-order chi connectivity index (χ0) is 23.8. The lowest BCUT2D eigenvalue weighted by Gasteiger charge is -2.23. The molecular formula is C18H16BrN7O6. The topological polar surface area (TPSA) is 176 Å². The van der Waals surface area contributed by atoms with E-state index >= 15 is 0 Å². The minimum Gasteiger partial charge on any atom is -0.497 e. The van der Waals surface area contributed by atoms with Crippen LogP contribution in [0.5, 0.6) is 5.75 Å². The van der Waals surface area contributed by atoms with Gasteiger partial charge < -0.3 is 4.74 Å². The maximum atomic E-state index is 12.1. The van der Waals surface area contributed by atoms with Crippen molar-refractivity contribution in [3.05, 3.63) is 55.0 Å². The number of carbonyl (C=O) groups is 1. The molecule has 0 saturated carbocycles. The number of hydrogen-bond donors (Lipinski definition) is 1. The predicted octanol–water partition coefficient (Wildman–Crippen LogP) is 4.46. The molecule has 0 aliphatic rings. The molecule has 2 aromatic rings. The highest BCUT2D eigenvalue weighted by Gasteiger charge is 2.24. The van der Waals surface area contributed by atoms with E-state index in [4.69, 9.17) is 10.00 Å². The molecular weight excluding hydrogens is 490 g/mol. The number of hydrogen-bond acceptors (Lipinski definition) is 10. The van der Waals surface area contributed by atoms with Gasteiger partial charge in [0.25, 0.3) is 5.69 Å².